The van der Waals surface area contributed by atoms with E-state index in [1.807, 2.05) is 44.4 Å². The maximum absolute atomic E-state index is 12.6. The number of carbonyl (C=O) groups is 1. The number of nitrogens with zero attached hydrogens (tertiary/aromatic N) is 4. The van der Waals surface area contributed by atoms with Crippen LogP contribution in [0.25, 0.3) is 0 Å². The van der Waals surface area contributed by atoms with Gasteiger partial charge in [0.1, 0.15) is 0 Å². The van der Waals surface area contributed by atoms with Gasteiger partial charge < -0.3 is 9.74 Å². The summed E-state index contributed by atoms with van der Waals surface area (Å²) in [5.74, 6) is -0.0758. The average molecular weight is 361 g/mol. The van der Waals surface area contributed by atoms with Crippen LogP contribution in [0.15, 0.2) is 35.6 Å². The Bertz CT molecular complexity index is 815. The molecule has 6 nitrogen and oxygen atoms in total. The van der Waals surface area contributed by atoms with E-state index in [0.29, 0.717) is 24.4 Å². The third-order valence-corrected chi connectivity index (χ3v) is 4.44. The average Bonchev–Trinajstić information content (AvgIpc) is 3.13. The number of amides is 1. The van der Waals surface area contributed by atoms with Crippen molar-refractivity contribution >= 4 is 23.2 Å². The van der Waals surface area contributed by atoms with Gasteiger partial charge in [0.15, 0.2) is 0 Å². The maximum atomic E-state index is 12.6. The fourth-order valence-corrected chi connectivity index (χ4v) is 3.14. The van der Waals surface area contributed by atoms with Gasteiger partial charge in [0, 0.05) is 50.3 Å². The molecule has 1 atom stereocenters. The molecule has 0 aliphatic carbocycles. The number of hydrogen-bond donors (Lipinski definition) is 0. The van der Waals surface area contributed by atoms with Crippen LogP contribution in [-0.4, -0.2) is 39.5 Å². The summed E-state index contributed by atoms with van der Waals surface area (Å²) in [6.07, 6.45) is 2.50. The molecule has 1 aliphatic rings. The first-order chi connectivity index (χ1) is 11.9. The van der Waals surface area contributed by atoms with Crippen molar-refractivity contribution in [2.24, 2.45) is 12.2 Å². The maximum Gasteiger partial charge on any atom is 0.266 e. The van der Waals surface area contributed by atoms with Crippen LogP contribution in [0.2, 0.25) is 5.02 Å². The zero-order chi connectivity index (χ0) is 18.0. The van der Waals surface area contributed by atoms with Crippen molar-refractivity contribution in [2.75, 3.05) is 7.05 Å². The molecule has 0 N–H and O–H groups in total. The minimum atomic E-state index is -0.559. The summed E-state index contributed by atoms with van der Waals surface area (Å²) in [7, 11) is 3.64. The topological polar surface area (TPSA) is 59.7 Å². The van der Waals surface area contributed by atoms with Crippen molar-refractivity contribution in [1.82, 2.24) is 14.7 Å². The molecule has 25 heavy (non-hydrogen) atoms. The van der Waals surface area contributed by atoms with E-state index < -0.39 is 6.10 Å². The van der Waals surface area contributed by atoms with Crippen molar-refractivity contribution in [2.45, 2.75) is 32.4 Å². The second-order valence-corrected chi connectivity index (χ2v) is 6.81. The van der Waals surface area contributed by atoms with E-state index in [4.69, 9.17) is 16.4 Å². The van der Waals surface area contributed by atoms with Gasteiger partial charge in [-0.1, -0.05) is 28.9 Å². The molecule has 1 aromatic heterocycles. The van der Waals surface area contributed by atoms with Crippen LogP contribution in [-0.2, 0) is 29.6 Å². The first-order valence-electron chi connectivity index (χ1n) is 8.12. The Labute approximate surface area is 152 Å². The molecule has 0 unspecified atom stereocenters. The van der Waals surface area contributed by atoms with Crippen LogP contribution in [0.5, 0.6) is 0 Å². The summed E-state index contributed by atoms with van der Waals surface area (Å²) in [6, 6.07) is 7.62. The highest BCUT2D eigenvalue weighted by atomic mass is 35.5. The highest BCUT2D eigenvalue weighted by molar-refractivity contribution is 6.30. The molecule has 0 spiro atoms. The second kappa shape index (κ2) is 7.27. The van der Waals surface area contributed by atoms with Gasteiger partial charge >= 0.3 is 0 Å². The minimum absolute atomic E-state index is 0.0758. The molecule has 1 aromatic carbocycles. The van der Waals surface area contributed by atoms with E-state index >= 15 is 0 Å². The number of likely N-dealkylation sites (N-methyl/N-ethyl adjacent to an activating group) is 1. The lowest BCUT2D eigenvalue weighted by atomic mass is 10.0. The molecule has 2 aromatic rings. The van der Waals surface area contributed by atoms with Crippen LogP contribution >= 0.6 is 11.6 Å². The number of benzene rings is 1. The van der Waals surface area contributed by atoms with Gasteiger partial charge in [-0.2, -0.15) is 5.10 Å². The Kier molecular flexibility index (Phi) is 5.08. The van der Waals surface area contributed by atoms with Gasteiger partial charge in [0.05, 0.1) is 11.4 Å². The zero-order valence-corrected chi connectivity index (χ0v) is 15.3. The third kappa shape index (κ3) is 4.20. The van der Waals surface area contributed by atoms with Crippen LogP contribution < -0.4 is 0 Å². The summed E-state index contributed by atoms with van der Waals surface area (Å²) >= 11 is 6.00. The number of halogens is 1. The molecule has 1 amide bonds. The van der Waals surface area contributed by atoms with Gasteiger partial charge in [-0.15, -0.1) is 0 Å². The van der Waals surface area contributed by atoms with Crippen molar-refractivity contribution in [3.63, 3.8) is 0 Å². The summed E-state index contributed by atoms with van der Waals surface area (Å²) in [5.41, 5.74) is 3.86. The Morgan fingerprint density at radius 1 is 1.48 bits per heavy atom. The number of aromatic nitrogens is 2. The Hall–Kier alpha value is -2.34. The Morgan fingerprint density at radius 3 is 2.96 bits per heavy atom. The largest absolute Gasteiger partial charge is 0.382 e. The molecule has 2 heterocycles. The Morgan fingerprint density at radius 2 is 2.28 bits per heavy atom. The molecule has 0 fully saturated rings. The van der Waals surface area contributed by atoms with Gasteiger partial charge in [-0.05, 0) is 24.6 Å². The molecule has 1 aliphatic heterocycles. The quantitative estimate of drug-likeness (QED) is 0.823. The van der Waals surface area contributed by atoms with Gasteiger partial charge in [-0.25, -0.2) is 0 Å². The highest BCUT2D eigenvalue weighted by Crippen LogP contribution is 2.19. The minimum Gasteiger partial charge on any atom is -0.382 e. The van der Waals surface area contributed by atoms with Crippen molar-refractivity contribution in [3.8, 4) is 0 Å². The molecule has 0 saturated heterocycles. The number of aryl methyl sites for hydroxylation is 2. The van der Waals surface area contributed by atoms with E-state index in [2.05, 4.69) is 10.3 Å². The molecule has 132 valence electrons. The first-order valence-corrected chi connectivity index (χ1v) is 8.50. The molecule has 7 heteroatoms. The fourth-order valence-electron chi connectivity index (χ4n) is 2.93. The van der Waals surface area contributed by atoms with Crippen molar-refractivity contribution < 1.29 is 9.63 Å². The van der Waals surface area contributed by atoms with Crippen molar-refractivity contribution in [1.29, 1.82) is 0 Å². The summed E-state index contributed by atoms with van der Waals surface area (Å²) in [6.45, 7) is 2.44. The molecule has 3 rings (SSSR count). The van der Waals surface area contributed by atoms with Crippen molar-refractivity contribution in [3.05, 3.63) is 52.3 Å². The van der Waals surface area contributed by atoms with Gasteiger partial charge in [0.25, 0.3) is 5.91 Å². The summed E-state index contributed by atoms with van der Waals surface area (Å²) in [5, 5.41) is 9.08. The summed E-state index contributed by atoms with van der Waals surface area (Å²) < 4.78 is 1.75. The molecule has 0 saturated carbocycles. The SMILES string of the molecule is Cc1nn(C)cc1CN(C)C(=O)[C@H]1CC(Cc2cccc(Cl)c2)=NO1. The van der Waals surface area contributed by atoms with E-state index in [1.54, 1.807) is 16.6 Å². The first kappa shape index (κ1) is 17.5. The van der Waals surface area contributed by atoms with Gasteiger partial charge in [0.2, 0.25) is 6.10 Å². The number of rotatable bonds is 5. The lowest BCUT2D eigenvalue weighted by molar-refractivity contribution is -0.141. The molecular formula is C18H21ClN4O2. The normalized spacial score (nSPS) is 16.5. The van der Waals surface area contributed by atoms with E-state index in [0.717, 1.165) is 22.5 Å². The summed E-state index contributed by atoms with van der Waals surface area (Å²) in [4.78, 5) is 19.6. The van der Waals surface area contributed by atoms with Crippen LogP contribution in [0.1, 0.15) is 23.2 Å². The molecule has 0 radical (unpaired) electrons. The van der Waals surface area contributed by atoms with E-state index in [-0.39, 0.29) is 5.91 Å². The monoisotopic (exact) mass is 360 g/mol. The van der Waals surface area contributed by atoms with E-state index in [9.17, 15) is 4.79 Å². The lowest BCUT2D eigenvalue weighted by Gasteiger charge is -2.19. The standard InChI is InChI=1S/C18H21ClN4O2/c1-12-14(11-23(3)20-12)10-22(2)18(24)17-9-16(21-25-17)8-13-5-4-6-15(19)7-13/h4-7,11,17H,8-10H2,1-3H3/t17-/m1/s1. The zero-order valence-electron chi connectivity index (χ0n) is 14.6. The Balaban J connectivity index is 1.56. The lowest BCUT2D eigenvalue weighted by Crippen LogP contribution is -2.36. The highest BCUT2D eigenvalue weighted by Gasteiger charge is 2.30. The van der Waals surface area contributed by atoms with Crippen LogP contribution in [0.4, 0.5) is 0 Å². The van der Waals surface area contributed by atoms with Crippen LogP contribution in [0, 0.1) is 6.92 Å². The van der Waals surface area contributed by atoms with Gasteiger partial charge in [-0.3, -0.25) is 9.48 Å². The molecular weight excluding hydrogens is 340 g/mol. The second-order valence-electron chi connectivity index (χ2n) is 6.37. The van der Waals surface area contributed by atoms with E-state index in [1.165, 1.54) is 0 Å². The number of oxime groups is 1. The number of hydrogen-bond acceptors (Lipinski definition) is 4. The fraction of sp³-hybridized carbons (Fsp3) is 0.389. The molecule has 0 bridgehead atoms. The predicted molar refractivity (Wildman–Crippen MR) is 96.5 cm³/mol. The smallest absolute Gasteiger partial charge is 0.266 e. The predicted octanol–water partition coefficient (Wildman–Crippen LogP) is 2.73. The third-order valence-electron chi connectivity index (χ3n) is 4.20. The number of carbonyl (C=O) groups excluding carboxylic acids is 1. The van der Waals surface area contributed by atoms with Crippen LogP contribution in [0.3, 0.4) is 0 Å².